The van der Waals surface area contributed by atoms with E-state index in [0.717, 1.165) is 0 Å². The maximum atomic E-state index is 12.9. The number of fused-ring (bicyclic) bond motifs is 3. The number of carbonyl (C=O) groups excluding carboxylic acids is 2. The van der Waals surface area contributed by atoms with Gasteiger partial charge in [0, 0.05) is 29.5 Å². The zero-order chi connectivity index (χ0) is 19.0. The van der Waals surface area contributed by atoms with Crippen molar-refractivity contribution in [1.82, 2.24) is 0 Å². The Balaban J connectivity index is 2.08. The molecular formula is C19H16O7. The SMILES string of the molecule is CC1(O)Cc2c(O)c3c(c(O)c2C(O)C1)C(=O)c1c(O)cccc1C3=O. The predicted molar refractivity (Wildman–Crippen MR) is 88.6 cm³/mol. The number of aliphatic hydroxyl groups is 2. The zero-order valence-electron chi connectivity index (χ0n) is 13.8. The molecule has 2 aromatic rings. The van der Waals surface area contributed by atoms with Crippen LogP contribution in [0.1, 0.15) is 62.4 Å². The lowest BCUT2D eigenvalue weighted by molar-refractivity contribution is -0.00904. The topological polar surface area (TPSA) is 135 Å². The molecule has 7 nitrogen and oxygen atoms in total. The monoisotopic (exact) mass is 356 g/mol. The minimum Gasteiger partial charge on any atom is -0.507 e. The molecule has 2 aliphatic rings. The number of aliphatic hydroxyl groups excluding tert-OH is 1. The second-order valence-electron chi connectivity index (χ2n) is 7.09. The van der Waals surface area contributed by atoms with Gasteiger partial charge in [-0.15, -0.1) is 0 Å². The fourth-order valence-electron chi connectivity index (χ4n) is 3.97. The highest BCUT2D eigenvalue weighted by molar-refractivity contribution is 6.31. The normalized spacial score (nSPS) is 24.0. The summed E-state index contributed by atoms with van der Waals surface area (Å²) < 4.78 is 0. The van der Waals surface area contributed by atoms with Crippen molar-refractivity contribution in [3.8, 4) is 17.2 Å². The van der Waals surface area contributed by atoms with Gasteiger partial charge in [0.1, 0.15) is 17.2 Å². The molecule has 0 saturated heterocycles. The third-order valence-corrected chi connectivity index (χ3v) is 5.08. The van der Waals surface area contributed by atoms with E-state index in [1.807, 2.05) is 0 Å². The van der Waals surface area contributed by atoms with Gasteiger partial charge in [0.25, 0.3) is 0 Å². The van der Waals surface area contributed by atoms with Crippen molar-refractivity contribution in [2.45, 2.75) is 31.5 Å². The zero-order valence-corrected chi connectivity index (χ0v) is 13.8. The van der Waals surface area contributed by atoms with Gasteiger partial charge in [-0.25, -0.2) is 0 Å². The molecule has 0 aliphatic heterocycles. The molecule has 2 atom stereocenters. The van der Waals surface area contributed by atoms with Crippen molar-refractivity contribution in [2.75, 3.05) is 0 Å². The molecule has 0 amide bonds. The van der Waals surface area contributed by atoms with Crippen LogP contribution in [-0.4, -0.2) is 42.7 Å². The lowest BCUT2D eigenvalue weighted by atomic mass is 9.73. The van der Waals surface area contributed by atoms with Crippen LogP contribution in [0.25, 0.3) is 0 Å². The van der Waals surface area contributed by atoms with Crippen molar-refractivity contribution in [1.29, 1.82) is 0 Å². The van der Waals surface area contributed by atoms with Crippen LogP contribution in [0.3, 0.4) is 0 Å². The van der Waals surface area contributed by atoms with Crippen LogP contribution in [0, 0.1) is 0 Å². The van der Waals surface area contributed by atoms with Gasteiger partial charge in [0.15, 0.2) is 5.78 Å². The van der Waals surface area contributed by atoms with E-state index in [2.05, 4.69) is 0 Å². The molecule has 0 aromatic heterocycles. The molecule has 2 aromatic carbocycles. The summed E-state index contributed by atoms with van der Waals surface area (Å²) in [6, 6.07) is 3.99. The molecule has 5 N–H and O–H groups in total. The summed E-state index contributed by atoms with van der Waals surface area (Å²) in [5, 5.41) is 51.9. The maximum Gasteiger partial charge on any atom is 0.202 e. The molecule has 0 heterocycles. The Kier molecular flexibility index (Phi) is 3.22. The second kappa shape index (κ2) is 5.06. The summed E-state index contributed by atoms with van der Waals surface area (Å²) in [7, 11) is 0. The largest absolute Gasteiger partial charge is 0.507 e. The number of hydrogen-bond donors (Lipinski definition) is 5. The predicted octanol–water partition coefficient (Wildman–Crippen LogP) is 1.31. The van der Waals surface area contributed by atoms with Crippen LogP contribution in [0.5, 0.6) is 17.2 Å². The van der Waals surface area contributed by atoms with Crippen molar-refractivity contribution in [2.24, 2.45) is 0 Å². The summed E-state index contributed by atoms with van der Waals surface area (Å²) in [4.78, 5) is 25.7. The third-order valence-electron chi connectivity index (χ3n) is 5.08. The van der Waals surface area contributed by atoms with Gasteiger partial charge in [-0.1, -0.05) is 12.1 Å². The third kappa shape index (κ3) is 2.01. The molecule has 2 unspecified atom stereocenters. The van der Waals surface area contributed by atoms with Gasteiger partial charge in [-0.05, 0) is 13.0 Å². The summed E-state index contributed by atoms with van der Waals surface area (Å²) in [5.41, 5.74) is -2.54. The van der Waals surface area contributed by atoms with Gasteiger partial charge >= 0.3 is 0 Å². The Bertz CT molecular complexity index is 1000. The van der Waals surface area contributed by atoms with Crippen molar-refractivity contribution in [3.05, 3.63) is 51.6 Å². The lowest BCUT2D eigenvalue weighted by Crippen LogP contribution is -2.35. The van der Waals surface area contributed by atoms with Crippen molar-refractivity contribution >= 4 is 11.6 Å². The Morgan fingerprint density at radius 1 is 1.00 bits per heavy atom. The fourth-order valence-corrected chi connectivity index (χ4v) is 3.97. The van der Waals surface area contributed by atoms with Crippen LogP contribution in [0.15, 0.2) is 18.2 Å². The standard InChI is InChI=1S/C19H16O7/c1-19(26)5-8-12(10(21)6-19)18(25)14-13(16(8)23)15(22)7-3-2-4-9(20)11(7)17(14)24/h2-4,10,20-21,23,25-26H,5-6H2,1H3. The van der Waals surface area contributed by atoms with Gasteiger partial charge in [0.05, 0.1) is 28.4 Å². The number of rotatable bonds is 0. The number of ketones is 2. The Labute approximate surface area is 147 Å². The van der Waals surface area contributed by atoms with E-state index in [9.17, 15) is 35.1 Å². The molecule has 7 heteroatoms. The average molecular weight is 356 g/mol. The van der Waals surface area contributed by atoms with E-state index in [1.54, 1.807) is 0 Å². The first-order valence-electron chi connectivity index (χ1n) is 8.06. The van der Waals surface area contributed by atoms with Crippen molar-refractivity contribution in [3.63, 3.8) is 0 Å². The van der Waals surface area contributed by atoms with E-state index < -0.39 is 46.1 Å². The summed E-state index contributed by atoms with van der Waals surface area (Å²) in [6.07, 6.45) is -1.52. The Hall–Kier alpha value is -2.90. The molecule has 0 saturated carbocycles. The molecule has 0 radical (unpaired) electrons. The van der Waals surface area contributed by atoms with E-state index in [1.165, 1.54) is 25.1 Å². The molecule has 4 rings (SSSR count). The van der Waals surface area contributed by atoms with Crippen LogP contribution in [0.2, 0.25) is 0 Å². The van der Waals surface area contributed by atoms with Gasteiger partial charge in [0.2, 0.25) is 5.78 Å². The first-order valence-corrected chi connectivity index (χ1v) is 8.06. The number of aromatic hydroxyl groups is 3. The maximum absolute atomic E-state index is 12.9. The summed E-state index contributed by atoms with van der Waals surface area (Å²) in [5.74, 6) is -3.09. The first kappa shape index (κ1) is 16.6. The van der Waals surface area contributed by atoms with Crippen LogP contribution < -0.4 is 0 Å². The minimum absolute atomic E-state index is 0.0368. The van der Waals surface area contributed by atoms with Crippen molar-refractivity contribution < 1.29 is 35.1 Å². The highest BCUT2D eigenvalue weighted by atomic mass is 16.3. The quantitative estimate of drug-likeness (QED) is 0.383. The minimum atomic E-state index is -1.34. The highest BCUT2D eigenvalue weighted by Crippen LogP contribution is 2.50. The average Bonchev–Trinajstić information content (AvgIpc) is 2.54. The first-order chi connectivity index (χ1) is 12.1. The molecule has 26 heavy (non-hydrogen) atoms. The summed E-state index contributed by atoms with van der Waals surface area (Å²) in [6.45, 7) is 1.47. The molecule has 0 bridgehead atoms. The van der Waals surface area contributed by atoms with Crippen LogP contribution in [-0.2, 0) is 6.42 Å². The van der Waals surface area contributed by atoms with E-state index in [0.29, 0.717) is 0 Å². The van der Waals surface area contributed by atoms with Gasteiger partial charge in [-0.3, -0.25) is 9.59 Å². The molecule has 2 aliphatic carbocycles. The van der Waals surface area contributed by atoms with E-state index in [4.69, 9.17) is 0 Å². The Morgan fingerprint density at radius 3 is 2.35 bits per heavy atom. The molecular weight excluding hydrogens is 340 g/mol. The number of carbonyl (C=O) groups is 2. The molecule has 134 valence electrons. The number of phenolic OH excluding ortho intramolecular Hbond substituents is 3. The van der Waals surface area contributed by atoms with Gasteiger partial charge < -0.3 is 25.5 Å². The number of phenols is 3. The van der Waals surface area contributed by atoms with Crippen LogP contribution in [0.4, 0.5) is 0 Å². The van der Waals surface area contributed by atoms with E-state index >= 15 is 0 Å². The van der Waals surface area contributed by atoms with Gasteiger partial charge in [-0.2, -0.15) is 0 Å². The number of hydrogen-bond acceptors (Lipinski definition) is 7. The summed E-state index contributed by atoms with van der Waals surface area (Å²) >= 11 is 0. The fraction of sp³-hybridized carbons (Fsp3) is 0.263. The number of benzene rings is 2. The second-order valence-corrected chi connectivity index (χ2v) is 7.09. The Morgan fingerprint density at radius 2 is 1.65 bits per heavy atom. The smallest absolute Gasteiger partial charge is 0.202 e. The molecule has 0 fully saturated rings. The van der Waals surface area contributed by atoms with Crippen LogP contribution >= 0.6 is 0 Å². The molecule has 0 spiro atoms. The highest BCUT2D eigenvalue weighted by Gasteiger charge is 2.44. The lowest BCUT2D eigenvalue weighted by Gasteiger charge is -2.35. The van der Waals surface area contributed by atoms with E-state index in [-0.39, 0.29) is 40.7 Å².